The van der Waals surface area contributed by atoms with Crippen LogP contribution < -0.4 is 0 Å². The van der Waals surface area contributed by atoms with Crippen molar-refractivity contribution >= 4 is 0 Å². The Morgan fingerprint density at radius 3 is 2.94 bits per heavy atom. The molecule has 0 saturated heterocycles. The molecular formula is C14H24O2. The summed E-state index contributed by atoms with van der Waals surface area (Å²) in [4.78, 5) is 0. The van der Waals surface area contributed by atoms with Gasteiger partial charge in [-0.3, -0.25) is 0 Å². The van der Waals surface area contributed by atoms with Crippen molar-refractivity contribution in [2.24, 2.45) is 5.92 Å². The van der Waals surface area contributed by atoms with Gasteiger partial charge in [-0.2, -0.15) is 0 Å². The van der Waals surface area contributed by atoms with Gasteiger partial charge >= 0.3 is 0 Å². The summed E-state index contributed by atoms with van der Waals surface area (Å²) >= 11 is 0. The number of ether oxygens (including phenoxy) is 1. The zero-order valence-electron chi connectivity index (χ0n) is 10.9. The third kappa shape index (κ3) is 3.46. The zero-order valence-corrected chi connectivity index (χ0v) is 10.9. The highest BCUT2D eigenvalue weighted by molar-refractivity contribution is 5.16. The highest BCUT2D eigenvalue weighted by Crippen LogP contribution is 2.25. The van der Waals surface area contributed by atoms with E-state index in [1.165, 1.54) is 11.1 Å². The molecule has 0 fully saturated rings. The van der Waals surface area contributed by atoms with Crippen LogP contribution in [0.15, 0.2) is 23.3 Å². The predicted molar refractivity (Wildman–Crippen MR) is 67.3 cm³/mol. The quantitative estimate of drug-likeness (QED) is 0.744. The van der Waals surface area contributed by atoms with Crippen molar-refractivity contribution in [2.75, 3.05) is 6.61 Å². The first-order chi connectivity index (χ1) is 7.58. The highest BCUT2D eigenvalue weighted by Gasteiger charge is 2.22. The van der Waals surface area contributed by atoms with Gasteiger partial charge in [0.1, 0.15) is 0 Å². The zero-order chi connectivity index (χ0) is 12.1. The third-order valence-corrected chi connectivity index (χ3v) is 3.20. The maximum absolute atomic E-state index is 9.02. The van der Waals surface area contributed by atoms with Crippen molar-refractivity contribution in [3.63, 3.8) is 0 Å². The van der Waals surface area contributed by atoms with E-state index in [4.69, 9.17) is 9.84 Å². The largest absolute Gasteiger partial charge is 0.396 e. The van der Waals surface area contributed by atoms with Crippen LogP contribution in [0.5, 0.6) is 0 Å². The predicted octanol–water partition coefficient (Wildman–Crippen LogP) is 3.07. The van der Waals surface area contributed by atoms with E-state index in [9.17, 15) is 0 Å². The minimum Gasteiger partial charge on any atom is -0.396 e. The average Bonchev–Trinajstić information content (AvgIpc) is 2.29. The third-order valence-electron chi connectivity index (χ3n) is 3.20. The Bertz CT molecular complexity index is 278. The first-order valence-corrected chi connectivity index (χ1v) is 6.19. The van der Waals surface area contributed by atoms with Gasteiger partial charge in [-0.05, 0) is 43.8 Å². The van der Waals surface area contributed by atoms with Crippen LogP contribution >= 0.6 is 0 Å². The number of aliphatic hydroxyl groups is 1. The molecule has 0 radical (unpaired) electrons. The molecule has 0 spiro atoms. The number of hydrogen-bond acceptors (Lipinski definition) is 2. The fourth-order valence-electron chi connectivity index (χ4n) is 2.11. The number of rotatable bonds is 4. The maximum Gasteiger partial charge on any atom is 0.0825 e. The minimum atomic E-state index is 0.197. The van der Waals surface area contributed by atoms with Crippen LogP contribution in [0.2, 0.25) is 0 Å². The van der Waals surface area contributed by atoms with E-state index in [2.05, 4.69) is 32.9 Å². The molecule has 2 heteroatoms. The van der Waals surface area contributed by atoms with Gasteiger partial charge in [-0.15, -0.1) is 0 Å². The summed E-state index contributed by atoms with van der Waals surface area (Å²) in [7, 11) is 0. The standard InChI is InChI=1S/C14H24O2/c1-5-13-11(3)6-7-14(16-13)12(4)8-10(2)9-15/h6,8,10,13-15H,5,7,9H2,1-4H3/b12-8-/t10-,13+,14+/m0/s1. The molecule has 0 saturated carbocycles. The van der Waals surface area contributed by atoms with Crippen molar-refractivity contribution in [1.29, 1.82) is 0 Å². The first-order valence-electron chi connectivity index (χ1n) is 6.19. The highest BCUT2D eigenvalue weighted by atomic mass is 16.5. The molecule has 0 amide bonds. The molecule has 1 rings (SSSR count). The van der Waals surface area contributed by atoms with Crippen LogP contribution in [0.25, 0.3) is 0 Å². The van der Waals surface area contributed by atoms with Crippen LogP contribution in [0.3, 0.4) is 0 Å². The molecule has 16 heavy (non-hydrogen) atoms. The lowest BCUT2D eigenvalue weighted by Crippen LogP contribution is -2.27. The molecule has 92 valence electrons. The molecule has 0 aliphatic carbocycles. The van der Waals surface area contributed by atoms with Gasteiger partial charge in [-0.1, -0.05) is 26.0 Å². The minimum absolute atomic E-state index is 0.197. The molecule has 0 aromatic carbocycles. The molecule has 0 unspecified atom stereocenters. The Hall–Kier alpha value is -0.600. The van der Waals surface area contributed by atoms with Gasteiger partial charge < -0.3 is 9.84 Å². The van der Waals surface area contributed by atoms with Gasteiger partial charge in [0.15, 0.2) is 0 Å². The van der Waals surface area contributed by atoms with Crippen LogP contribution in [-0.4, -0.2) is 23.9 Å². The maximum atomic E-state index is 9.02. The lowest BCUT2D eigenvalue weighted by molar-refractivity contribution is 0.0176. The second kappa shape index (κ2) is 6.21. The van der Waals surface area contributed by atoms with Gasteiger partial charge in [0.2, 0.25) is 0 Å². The van der Waals surface area contributed by atoms with Crippen molar-refractivity contribution in [3.8, 4) is 0 Å². The second-order valence-electron chi connectivity index (χ2n) is 4.78. The fraction of sp³-hybridized carbons (Fsp3) is 0.714. The summed E-state index contributed by atoms with van der Waals surface area (Å²) in [5.41, 5.74) is 2.59. The van der Waals surface area contributed by atoms with E-state index < -0.39 is 0 Å². The second-order valence-corrected chi connectivity index (χ2v) is 4.78. The molecular weight excluding hydrogens is 200 g/mol. The molecule has 0 aromatic heterocycles. The van der Waals surface area contributed by atoms with E-state index >= 15 is 0 Å². The number of aliphatic hydroxyl groups excluding tert-OH is 1. The molecule has 0 bridgehead atoms. The SMILES string of the molecule is CC[C@H]1O[C@@H](/C(C)=C\[C@H](C)CO)CC=C1C. The molecule has 0 aromatic rings. The fourth-order valence-corrected chi connectivity index (χ4v) is 2.11. The summed E-state index contributed by atoms with van der Waals surface area (Å²) in [5, 5.41) is 9.02. The van der Waals surface area contributed by atoms with Crippen molar-refractivity contribution in [2.45, 2.75) is 52.7 Å². The van der Waals surface area contributed by atoms with Crippen molar-refractivity contribution in [3.05, 3.63) is 23.3 Å². The summed E-state index contributed by atoms with van der Waals surface area (Å²) < 4.78 is 6.04. The van der Waals surface area contributed by atoms with Crippen molar-refractivity contribution in [1.82, 2.24) is 0 Å². The monoisotopic (exact) mass is 224 g/mol. The van der Waals surface area contributed by atoms with Crippen LogP contribution in [0.4, 0.5) is 0 Å². The van der Waals surface area contributed by atoms with Gasteiger partial charge in [0.25, 0.3) is 0 Å². The summed E-state index contributed by atoms with van der Waals surface area (Å²) in [6, 6.07) is 0. The van der Waals surface area contributed by atoms with E-state index in [1.54, 1.807) is 0 Å². The smallest absolute Gasteiger partial charge is 0.0825 e. The van der Waals surface area contributed by atoms with E-state index in [-0.39, 0.29) is 24.7 Å². The Kier molecular flexibility index (Phi) is 5.23. The Labute approximate surface area is 99.0 Å². The Balaban J connectivity index is 2.66. The van der Waals surface area contributed by atoms with Gasteiger partial charge in [0.05, 0.1) is 12.2 Å². The average molecular weight is 224 g/mol. The van der Waals surface area contributed by atoms with E-state index in [1.807, 2.05) is 6.92 Å². The lowest BCUT2D eigenvalue weighted by Gasteiger charge is -2.29. The van der Waals surface area contributed by atoms with E-state index in [0.29, 0.717) is 0 Å². The van der Waals surface area contributed by atoms with E-state index in [0.717, 1.165) is 12.8 Å². The summed E-state index contributed by atoms with van der Waals surface area (Å²) in [6.45, 7) is 8.61. The first kappa shape index (κ1) is 13.5. The topological polar surface area (TPSA) is 29.5 Å². The Morgan fingerprint density at radius 1 is 1.69 bits per heavy atom. The summed E-state index contributed by atoms with van der Waals surface area (Å²) in [5.74, 6) is 0.218. The lowest BCUT2D eigenvalue weighted by atomic mass is 9.97. The molecule has 1 aliphatic rings. The molecule has 1 N–H and O–H groups in total. The Morgan fingerprint density at radius 2 is 2.38 bits per heavy atom. The van der Waals surface area contributed by atoms with Crippen LogP contribution in [0, 0.1) is 5.92 Å². The molecule has 1 heterocycles. The summed E-state index contributed by atoms with van der Waals surface area (Å²) in [6.07, 6.45) is 6.86. The van der Waals surface area contributed by atoms with Crippen LogP contribution in [-0.2, 0) is 4.74 Å². The number of hydrogen-bond donors (Lipinski definition) is 1. The van der Waals surface area contributed by atoms with Gasteiger partial charge in [0, 0.05) is 6.61 Å². The van der Waals surface area contributed by atoms with Crippen molar-refractivity contribution < 1.29 is 9.84 Å². The normalized spacial score (nSPS) is 28.8. The molecule has 1 aliphatic heterocycles. The van der Waals surface area contributed by atoms with Gasteiger partial charge in [-0.25, -0.2) is 0 Å². The van der Waals surface area contributed by atoms with Crippen LogP contribution in [0.1, 0.15) is 40.5 Å². The molecule has 3 atom stereocenters. The molecule has 2 nitrogen and oxygen atoms in total.